The second kappa shape index (κ2) is 9.55. The summed E-state index contributed by atoms with van der Waals surface area (Å²) in [5.74, 6) is 0.307. The van der Waals surface area contributed by atoms with Crippen molar-refractivity contribution in [2.45, 2.75) is 51.9 Å². The second-order valence-corrected chi connectivity index (χ2v) is 8.59. The Labute approximate surface area is 168 Å². The molecule has 2 N–H and O–H groups in total. The molecule has 1 aliphatic rings. The Morgan fingerprint density at radius 2 is 1.68 bits per heavy atom. The van der Waals surface area contributed by atoms with Crippen molar-refractivity contribution in [1.29, 1.82) is 0 Å². The van der Waals surface area contributed by atoms with E-state index in [1.54, 1.807) is 12.1 Å². The molecule has 4 heteroatoms. The van der Waals surface area contributed by atoms with Crippen molar-refractivity contribution in [1.82, 2.24) is 5.32 Å². The summed E-state index contributed by atoms with van der Waals surface area (Å²) >= 11 is 0. The molecule has 0 radical (unpaired) electrons. The Bertz CT molecular complexity index is 706. The van der Waals surface area contributed by atoms with Gasteiger partial charge >= 0.3 is 0 Å². The molecule has 0 unspecified atom stereocenters. The van der Waals surface area contributed by atoms with Gasteiger partial charge in [-0.1, -0.05) is 42.5 Å². The van der Waals surface area contributed by atoms with Gasteiger partial charge in [-0.15, -0.1) is 0 Å². The fourth-order valence-electron chi connectivity index (χ4n) is 4.11. The van der Waals surface area contributed by atoms with E-state index in [0.29, 0.717) is 12.4 Å². The molecule has 1 heterocycles. The van der Waals surface area contributed by atoms with E-state index < -0.39 is 0 Å². The van der Waals surface area contributed by atoms with E-state index in [0.717, 1.165) is 45.6 Å². The number of rotatable bonds is 9. The molecule has 0 spiro atoms. The van der Waals surface area contributed by atoms with Crippen LogP contribution >= 0.6 is 0 Å². The van der Waals surface area contributed by atoms with Gasteiger partial charge in [0.25, 0.3) is 0 Å². The Morgan fingerprint density at radius 1 is 1.00 bits per heavy atom. The molecule has 0 aromatic heterocycles. The molecule has 1 fully saturated rings. The number of phenols is 1. The van der Waals surface area contributed by atoms with Crippen molar-refractivity contribution in [2.75, 3.05) is 19.8 Å². The summed E-state index contributed by atoms with van der Waals surface area (Å²) in [5, 5.41) is 13.1. The Balaban J connectivity index is 1.57. The Hall–Kier alpha value is -1.88. The van der Waals surface area contributed by atoms with Crippen molar-refractivity contribution in [3.05, 3.63) is 65.7 Å². The summed E-state index contributed by atoms with van der Waals surface area (Å²) in [6.07, 6.45) is 3.10. The fourth-order valence-corrected chi connectivity index (χ4v) is 4.11. The van der Waals surface area contributed by atoms with Crippen LogP contribution in [0.1, 0.15) is 44.2 Å². The molecule has 0 saturated carbocycles. The van der Waals surface area contributed by atoms with E-state index in [1.165, 1.54) is 11.1 Å². The molecule has 0 amide bonds. The minimum Gasteiger partial charge on any atom is -0.508 e. The predicted octanol–water partition coefficient (Wildman–Crippen LogP) is 4.66. The lowest BCUT2D eigenvalue weighted by Gasteiger charge is -2.43. The zero-order valence-electron chi connectivity index (χ0n) is 17.1. The van der Waals surface area contributed by atoms with Crippen LogP contribution in [0.4, 0.5) is 0 Å². The minimum atomic E-state index is -0.201. The maximum absolute atomic E-state index is 9.44. The van der Waals surface area contributed by atoms with Crippen LogP contribution in [0.2, 0.25) is 0 Å². The van der Waals surface area contributed by atoms with E-state index in [-0.39, 0.29) is 11.0 Å². The monoisotopic (exact) mass is 383 g/mol. The fraction of sp³-hybridized carbons (Fsp3) is 0.500. The molecule has 1 aliphatic heterocycles. The number of ether oxygens (including phenoxy) is 2. The highest BCUT2D eigenvalue weighted by Crippen LogP contribution is 2.39. The highest BCUT2D eigenvalue weighted by atomic mass is 16.5. The van der Waals surface area contributed by atoms with Gasteiger partial charge in [-0.2, -0.15) is 0 Å². The predicted molar refractivity (Wildman–Crippen MR) is 112 cm³/mol. The van der Waals surface area contributed by atoms with E-state index in [1.807, 2.05) is 18.2 Å². The first-order chi connectivity index (χ1) is 13.5. The molecule has 0 aliphatic carbocycles. The molecular formula is C24H33NO3. The van der Waals surface area contributed by atoms with Crippen LogP contribution in [0, 0.1) is 5.41 Å². The van der Waals surface area contributed by atoms with Crippen molar-refractivity contribution in [3.8, 4) is 5.75 Å². The lowest BCUT2D eigenvalue weighted by molar-refractivity contribution is -0.0845. The molecule has 2 aromatic carbocycles. The molecule has 0 bridgehead atoms. The van der Waals surface area contributed by atoms with E-state index in [4.69, 9.17) is 9.47 Å². The maximum atomic E-state index is 9.44. The van der Waals surface area contributed by atoms with E-state index in [2.05, 4.69) is 43.4 Å². The van der Waals surface area contributed by atoms with Gasteiger partial charge in [-0.3, -0.25) is 0 Å². The molecule has 152 valence electrons. The first kappa shape index (κ1) is 20.8. The standard InChI is InChI=1S/C24H33NO3/c1-23(2,28-17-21-6-4-3-5-7-21)18-24(12-14-27-15-13-24)19-25-16-20-8-10-22(26)11-9-20/h3-11,25-26H,12-19H2,1-2H3. The summed E-state index contributed by atoms with van der Waals surface area (Å²) in [7, 11) is 0. The molecule has 28 heavy (non-hydrogen) atoms. The van der Waals surface area contributed by atoms with Gasteiger partial charge in [0.05, 0.1) is 12.2 Å². The smallest absolute Gasteiger partial charge is 0.115 e. The van der Waals surface area contributed by atoms with Crippen molar-refractivity contribution >= 4 is 0 Å². The maximum Gasteiger partial charge on any atom is 0.115 e. The normalized spacial score (nSPS) is 16.8. The molecule has 4 nitrogen and oxygen atoms in total. The third-order valence-corrected chi connectivity index (χ3v) is 5.59. The summed E-state index contributed by atoms with van der Waals surface area (Å²) in [4.78, 5) is 0. The zero-order chi connectivity index (χ0) is 19.9. The molecule has 1 saturated heterocycles. The lowest BCUT2D eigenvalue weighted by atomic mass is 9.72. The summed E-state index contributed by atoms with van der Waals surface area (Å²) < 4.78 is 12.0. The number of benzene rings is 2. The van der Waals surface area contributed by atoms with Gasteiger partial charge in [0.15, 0.2) is 0 Å². The summed E-state index contributed by atoms with van der Waals surface area (Å²) in [6, 6.07) is 17.8. The largest absolute Gasteiger partial charge is 0.508 e. The number of phenolic OH excluding ortho intramolecular Hbond substituents is 1. The van der Waals surface area contributed by atoms with Crippen LogP contribution in [0.15, 0.2) is 54.6 Å². The summed E-state index contributed by atoms with van der Waals surface area (Å²) in [5.41, 5.74) is 2.37. The van der Waals surface area contributed by atoms with E-state index in [9.17, 15) is 5.11 Å². The van der Waals surface area contributed by atoms with Gasteiger partial charge in [-0.25, -0.2) is 0 Å². The highest BCUT2D eigenvalue weighted by molar-refractivity contribution is 5.25. The van der Waals surface area contributed by atoms with E-state index >= 15 is 0 Å². The Kier molecular flexibility index (Phi) is 7.11. The molecule has 3 rings (SSSR count). The average Bonchev–Trinajstić information content (AvgIpc) is 2.69. The average molecular weight is 384 g/mol. The van der Waals surface area contributed by atoms with Gasteiger partial charge in [0.2, 0.25) is 0 Å². The lowest BCUT2D eigenvalue weighted by Crippen LogP contribution is -2.44. The van der Waals surface area contributed by atoms with Crippen LogP contribution in [-0.4, -0.2) is 30.5 Å². The van der Waals surface area contributed by atoms with Crippen LogP contribution < -0.4 is 5.32 Å². The number of hydrogen-bond donors (Lipinski definition) is 2. The van der Waals surface area contributed by atoms with Gasteiger partial charge in [-0.05, 0) is 61.8 Å². The van der Waals surface area contributed by atoms with Crippen LogP contribution in [0.5, 0.6) is 5.75 Å². The third-order valence-electron chi connectivity index (χ3n) is 5.59. The quantitative estimate of drug-likeness (QED) is 0.661. The first-order valence-electron chi connectivity index (χ1n) is 10.2. The minimum absolute atomic E-state index is 0.176. The zero-order valence-corrected chi connectivity index (χ0v) is 17.1. The first-order valence-corrected chi connectivity index (χ1v) is 10.2. The van der Waals surface area contributed by atoms with Crippen LogP contribution in [-0.2, 0) is 22.6 Å². The SMILES string of the molecule is CC(C)(CC1(CNCc2ccc(O)cc2)CCOCC1)OCc1ccccc1. The van der Waals surface area contributed by atoms with Gasteiger partial charge in [0, 0.05) is 26.3 Å². The third kappa shape index (κ3) is 6.33. The molecule has 0 atom stereocenters. The van der Waals surface area contributed by atoms with Crippen molar-refractivity contribution < 1.29 is 14.6 Å². The van der Waals surface area contributed by atoms with Crippen LogP contribution in [0.25, 0.3) is 0 Å². The van der Waals surface area contributed by atoms with Gasteiger partial charge in [0.1, 0.15) is 5.75 Å². The van der Waals surface area contributed by atoms with Crippen molar-refractivity contribution in [2.24, 2.45) is 5.41 Å². The Morgan fingerprint density at radius 3 is 2.36 bits per heavy atom. The summed E-state index contributed by atoms with van der Waals surface area (Å²) in [6.45, 7) is 8.41. The molecular weight excluding hydrogens is 350 g/mol. The topological polar surface area (TPSA) is 50.7 Å². The number of nitrogens with one attached hydrogen (secondary N) is 1. The number of hydrogen-bond acceptors (Lipinski definition) is 4. The number of aromatic hydroxyl groups is 1. The van der Waals surface area contributed by atoms with Crippen molar-refractivity contribution in [3.63, 3.8) is 0 Å². The second-order valence-electron chi connectivity index (χ2n) is 8.59. The molecule has 2 aromatic rings. The van der Waals surface area contributed by atoms with Crippen LogP contribution in [0.3, 0.4) is 0 Å². The van der Waals surface area contributed by atoms with Gasteiger partial charge < -0.3 is 19.9 Å². The highest BCUT2D eigenvalue weighted by Gasteiger charge is 2.38.